The molecule has 7 nitrogen and oxygen atoms in total. The van der Waals surface area contributed by atoms with E-state index in [2.05, 4.69) is 37.2 Å². The van der Waals surface area contributed by atoms with Gasteiger partial charge in [0.1, 0.15) is 10.1 Å². The number of nitrogens with one attached hydrogen (secondary N) is 1. The number of thioether (sulfide) groups is 1. The molecule has 1 aromatic rings. The highest BCUT2D eigenvalue weighted by molar-refractivity contribution is 9.11. The number of aliphatic carboxylic acids is 1. The predicted molar refractivity (Wildman–Crippen MR) is 122 cm³/mol. The van der Waals surface area contributed by atoms with E-state index < -0.39 is 5.97 Å². The second-order valence-corrected chi connectivity index (χ2v) is 9.56. The number of benzene rings is 1. The summed E-state index contributed by atoms with van der Waals surface area (Å²) in [6, 6.07) is 3.39. The molecule has 1 fully saturated rings. The highest BCUT2D eigenvalue weighted by Crippen LogP contribution is 2.37. The van der Waals surface area contributed by atoms with Crippen molar-refractivity contribution in [3.63, 3.8) is 0 Å². The van der Waals surface area contributed by atoms with Crippen molar-refractivity contribution < 1.29 is 24.6 Å². The van der Waals surface area contributed by atoms with Gasteiger partial charge in [0.2, 0.25) is 5.91 Å². The summed E-state index contributed by atoms with van der Waals surface area (Å²) in [5, 5.41) is 21.4. The Labute approximate surface area is 194 Å². The predicted octanol–water partition coefficient (Wildman–Crippen LogP) is 3.88. The topological polar surface area (TPSA) is 107 Å². The first-order valence-electron chi connectivity index (χ1n) is 8.61. The van der Waals surface area contributed by atoms with Crippen molar-refractivity contribution in [3.05, 3.63) is 31.5 Å². The Morgan fingerprint density at radius 2 is 1.97 bits per heavy atom. The number of hydrogen-bond acceptors (Lipinski definition) is 6. The van der Waals surface area contributed by atoms with E-state index in [0.717, 1.165) is 16.2 Å². The molecule has 0 aliphatic carbocycles. The molecule has 1 aliphatic heterocycles. The molecule has 0 bridgehead atoms. The van der Waals surface area contributed by atoms with Crippen molar-refractivity contribution in [2.45, 2.75) is 25.7 Å². The van der Waals surface area contributed by atoms with Gasteiger partial charge in [0.05, 0.1) is 9.38 Å². The first-order chi connectivity index (χ1) is 13.7. The van der Waals surface area contributed by atoms with Crippen LogP contribution in [0.3, 0.4) is 0 Å². The van der Waals surface area contributed by atoms with Crippen LogP contribution in [0, 0.1) is 0 Å². The van der Waals surface area contributed by atoms with Crippen LogP contribution in [0.1, 0.15) is 31.2 Å². The van der Waals surface area contributed by atoms with E-state index in [1.54, 1.807) is 18.2 Å². The van der Waals surface area contributed by atoms with E-state index in [9.17, 15) is 19.5 Å². The van der Waals surface area contributed by atoms with Crippen LogP contribution in [0.4, 0.5) is 0 Å². The number of carbonyl (C=O) groups excluding carboxylic acids is 2. The SMILES string of the molecule is O=C(O)CCCNC(=O)CCCN1C(=O)/C(=C/c2cc(Br)cc(Br)c2O)SC1=S. The molecular formula is C18H18Br2N2O5S2. The molecule has 0 spiro atoms. The fourth-order valence-corrected chi connectivity index (χ4v) is 5.04. The maximum Gasteiger partial charge on any atom is 0.303 e. The number of phenols is 1. The molecule has 0 radical (unpaired) electrons. The van der Waals surface area contributed by atoms with E-state index in [-0.39, 0.29) is 30.4 Å². The minimum absolute atomic E-state index is 0.00722. The van der Waals surface area contributed by atoms with Crippen LogP contribution in [0.5, 0.6) is 5.75 Å². The Kier molecular flexibility index (Phi) is 9.12. The third-order valence-corrected chi connectivity index (χ3v) is 6.33. The highest BCUT2D eigenvalue weighted by Gasteiger charge is 2.32. The maximum atomic E-state index is 12.6. The zero-order chi connectivity index (χ0) is 21.6. The molecule has 0 aromatic heterocycles. The molecular weight excluding hydrogens is 548 g/mol. The number of amides is 2. The third-order valence-electron chi connectivity index (χ3n) is 3.89. The first kappa shape index (κ1) is 23.8. The van der Waals surface area contributed by atoms with Gasteiger partial charge in [0.15, 0.2) is 0 Å². The van der Waals surface area contributed by atoms with E-state index in [1.165, 1.54) is 4.90 Å². The highest BCUT2D eigenvalue weighted by atomic mass is 79.9. The Balaban J connectivity index is 1.89. The summed E-state index contributed by atoms with van der Waals surface area (Å²) in [5.74, 6) is -1.33. The number of carboxylic acids is 1. The summed E-state index contributed by atoms with van der Waals surface area (Å²) >= 11 is 13.0. The van der Waals surface area contributed by atoms with Crippen molar-refractivity contribution in [2.75, 3.05) is 13.1 Å². The molecule has 0 atom stereocenters. The lowest BCUT2D eigenvalue weighted by Gasteiger charge is -2.14. The van der Waals surface area contributed by atoms with Gasteiger partial charge < -0.3 is 15.5 Å². The zero-order valence-electron chi connectivity index (χ0n) is 15.1. The second kappa shape index (κ2) is 11.1. The van der Waals surface area contributed by atoms with Crippen molar-refractivity contribution in [3.8, 4) is 5.75 Å². The summed E-state index contributed by atoms with van der Waals surface area (Å²) in [5.41, 5.74) is 0.479. The van der Waals surface area contributed by atoms with E-state index >= 15 is 0 Å². The molecule has 156 valence electrons. The summed E-state index contributed by atoms with van der Waals surface area (Å²) in [6.07, 6.45) is 2.60. The van der Waals surface area contributed by atoms with E-state index in [0.29, 0.717) is 45.2 Å². The van der Waals surface area contributed by atoms with Gasteiger partial charge in [-0.15, -0.1) is 0 Å². The van der Waals surface area contributed by atoms with Crippen LogP contribution in [0.25, 0.3) is 6.08 Å². The molecule has 11 heteroatoms. The first-order valence-corrected chi connectivity index (χ1v) is 11.4. The summed E-state index contributed by atoms with van der Waals surface area (Å²) in [6.45, 7) is 0.610. The molecule has 1 saturated heterocycles. The fourth-order valence-electron chi connectivity index (χ4n) is 2.48. The Hall–Kier alpha value is -1.43. The van der Waals surface area contributed by atoms with Gasteiger partial charge in [-0.3, -0.25) is 19.3 Å². The lowest BCUT2D eigenvalue weighted by atomic mass is 10.2. The normalized spacial score (nSPS) is 15.2. The average molecular weight is 566 g/mol. The number of rotatable bonds is 9. The summed E-state index contributed by atoms with van der Waals surface area (Å²) in [7, 11) is 0. The molecule has 2 amide bonds. The molecule has 29 heavy (non-hydrogen) atoms. The molecule has 3 N–H and O–H groups in total. The monoisotopic (exact) mass is 564 g/mol. The number of aromatic hydroxyl groups is 1. The van der Waals surface area contributed by atoms with Crippen LogP contribution in [-0.2, 0) is 14.4 Å². The van der Waals surface area contributed by atoms with Crippen molar-refractivity contribution in [1.29, 1.82) is 0 Å². The quantitative estimate of drug-likeness (QED) is 0.237. The van der Waals surface area contributed by atoms with Gasteiger partial charge in [0, 0.05) is 36.0 Å². The number of nitrogens with zero attached hydrogens (tertiary/aromatic N) is 1. The molecule has 0 saturated carbocycles. The smallest absolute Gasteiger partial charge is 0.303 e. The largest absolute Gasteiger partial charge is 0.506 e. The van der Waals surface area contributed by atoms with Crippen LogP contribution in [0.2, 0.25) is 0 Å². The Morgan fingerprint density at radius 1 is 1.24 bits per heavy atom. The molecule has 1 heterocycles. The minimum Gasteiger partial charge on any atom is -0.506 e. The molecule has 1 aromatic carbocycles. The van der Waals surface area contributed by atoms with E-state index in [1.807, 2.05) is 0 Å². The summed E-state index contributed by atoms with van der Waals surface area (Å²) < 4.78 is 1.65. The van der Waals surface area contributed by atoms with Gasteiger partial charge in [-0.25, -0.2) is 0 Å². The average Bonchev–Trinajstić information content (AvgIpc) is 2.90. The van der Waals surface area contributed by atoms with Crippen LogP contribution < -0.4 is 5.32 Å². The zero-order valence-corrected chi connectivity index (χ0v) is 19.9. The van der Waals surface area contributed by atoms with Crippen LogP contribution in [-0.4, -0.2) is 50.3 Å². The van der Waals surface area contributed by atoms with Gasteiger partial charge >= 0.3 is 5.97 Å². The standard InChI is InChI=1S/C18H18Br2N2O5S2/c19-11-7-10(16(26)12(20)9-11)8-13-17(27)22(18(28)29-13)6-2-3-14(23)21-5-1-4-15(24)25/h7-9,26H,1-6H2,(H,21,23)(H,24,25)/b13-8-. The number of halogens is 2. The van der Waals surface area contributed by atoms with Crippen molar-refractivity contribution >= 4 is 84.0 Å². The number of thiocarbonyl (C=S) groups is 1. The second-order valence-electron chi connectivity index (χ2n) is 6.11. The Morgan fingerprint density at radius 3 is 2.66 bits per heavy atom. The minimum atomic E-state index is -0.898. The van der Waals surface area contributed by atoms with Crippen LogP contribution in [0.15, 0.2) is 26.0 Å². The number of carbonyl (C=O) groups is 3. The number of hydrogen-bond donors (Lipinski definition) is 3. The number of carboxylic acid groups (broad SMARTS) is 1. The maximum absolute atomic E-state index is 12.6. The van der Waals surface area contributed by atoms with Gasteiger partial charge in [0.25, 0.3) is 5.91 Å². The van der Waals surface area contributed by atoms with E-state index in [4.69, 9.17) is 17.3 Å². The fraction of sp³-hybridized carbons (Fsp3) is 0.333. The van der Waals surface area contributed by atoms with Crippen molar-refractivity contribution in [1.82, 2.24) is 10.2 Å². The molecule has 0 unspecified atom stereocenters. The summed E-state index contributed by atoms with van der Waals surface area (Å²) in [4.78, 5) is 36.7. The van der Waals surface area contributed by atoms with Gasteiger partial charge in [-0.05, 0) is 47.0 Å². The molecule has 2 rings (SSSR count). The van der Waals surface area contributed by atoms with Gasteiger partial charge in [-0.2, -0.15) is 0 Å². The Bertz CT molecular complexity index is 876. The lowest BCUT2D eigenvalue weighted by Crippen LogP contribution is -2.31. The third kappa shape index (κ3) is 7.09. The van der Waals surface area contributed by atoms with Crippen LogP contribution >= 0.6 is 55.8 Å². The molecule has 1 aliphatic rings. The number of phenolic OH excluding ortho intramolecular Hbond substituents is 1. The van der Waals surface area contributed by atoms with Crippen molar-refractivity contribution in [2.24, 2.45) is 0 Å². The lowest BCUT2D eigenvalue weighted by molar-refractivity contribution is -0.137. The van der Waals surface area contributed by atoms with Gasteiger partial charge in [-0.1, -0.05) is 39.9 Å².